The summed E-state index contributed by atoms with van der Waals surface area (Å²) in [6.45, 7) is 4.86. The van der Waals surface area contributed by atoms with Crippen LogP contribution in [-0.2, 0) is 29.4 Å². The maximum Gasteiger partial charge on any atom is 0.421 e. The van der Waals surface area contributed by atoms with Crippen LogP contribution in [-0.4, -0.2) is 0 Å². The van der Waals surface area contributed by atoms with E-state index in [0.717, 1.165) is 36.8 Å². The summed E-state index contributed by atoms with van der Waals surface area (Å²) in [7, 11) is -2.15. The molecule has 3 aromatic rings. The summed E-state index contributed by atoms with van der Waals surface area (Å²) in [5.74, 6) is 0.0230. The number of hydrogen-bond donors (Lipinski definition) is 0. The van der Waals surface area contributed by atoms with Crippen molar-refractivity contribution in [3.8, 4) is 0 Å². The lowest BCUT2D eigenvalue weighted by molar-refractivity contribution is -0.163. The number of rotatable bonds is 4. The maximum absolute atomic E-state index is 14.1. The van der Waals surface area contributed by atoms with Gasteiger partial charge in [0, 0.05) is 0 Å². The van der Waals surface area contributed by atoms with Gasteiger partial charge >= 0.3 is 18.5 Å². The molecule has 188 valence electrons. The Labute approximate surface area is 199 Å². The van der Waals surface area contributed by atoms with Crippen LogP contribution >= 0.6 is 0 Å². The summed E-state index contributed by atoms with van der Waals surface area (Å²) >= 11 is 0. The van der Waals surface area contributed by atoms with Crippen LogP contribution < -0.4 is 0 Å². The molecule has 0 amide bonds. The second-order valence-corrected chi connectivity index (χ2v) is 10.1. The fourth-order valence-corrected chi connectivity index (χ4v) is 6.26. The van der Waals surface area contributed by atoms with Gasteiger partial charge in [-0.2, -0.15) is 39.5 Å². The van der Waals surface area contributed by atoms with Gasteiger partial charge in [0.1, 0.15) is 22.0 Å². The number of halogens is 9. The van der Waals surface area contributed by atoms with Crippen LogP contribution in [0.5, 0.6) is 0 Å². The summed E-state index contributed by atoms with van der Waals surface area (Å²) in [6, 6.07) is 11.2. The van der Waals surface area contributed by atoms with Crippen molar-refractivity contribution in [2.45, 2.75) is 59.9 Å². The molecule has 1 atom stereocenters. The normalized spacial score (nSPS) is 13.9. The average molecular weight is 523 g/mol. The number of benzene rings is 3. The van der Waals surface area contributed by atoms with Gasteiger partial charge in [0.05, 0.1) is 5.56 Å². The molecule has 3 rings (SSSR count). The lowest BCUT2D eigenvalue weighted by Gasteiger charge is -2.21. The van der Waals surface area contributed by atoms with E-state index >= 15 is 0 Å². The fraction of sp³-hybridized carbons (Fsp3) is 0.280. The molecule has 0 bridgehead atoms. The minimum atomic E-state index is -5.47. The Bertz CT molecular complexity index is 1190. The molecule has 1 unspecified atom stereocenters. The molecular formula is C25H20F9S+. The van der Waals surface area contributed by atoms with Crippen LogP contribution in [0.1, 0.15) is 47.6 Å². The zero-order chi connectivity index (χ0) is 26.3. The van der Waals surface area contributed by atoms with E-state index in [1.165, 1.54) is 18.2 Å². The highest BCUT2D eigenvalue weighted by Gasteiger charge is 2.51. The Morgan fingerprint density at radius 2 is 1.09 bits per heavy atom. The number of hydrogen-bond acceptors (Lipinski definition) is 0. The third-order valence-electron chi connectivity index (χ3n) is 5.36. The van der Waals surface area contributed by atoms with Gasteiger partial charge in [-0.15, -0.1) is 0 Å². The van der Waals surface area contributed by atoms with Gasteiger partial charge in [-0.3, -0.25) is 0 Å². The van der Waals surface area contributed by atoms with Crippen molar-refractivity contribution >= 4 is 10.9 Å². The van der Waals surface area contributed by atoms with E-state index in [-0.39, 0.29) is 22.4 Å². The Balaban J connectivity index is 2.47. The van der Waals surface area contributed by atoms with E-state index in [9.17, 15) is 39.5 Å². The Kier molecular flexibility index (Phi) is 7.28. The zero-order valence-corrected chi connectivity index (χ0v) is 19.5. The minimum Gasteiger partial charge on any atom is -0.166 e. The Morgan fingerprint density at radius 3 is 1.54 bits per heavy atom. The zero-order valence-electron chi connectivity index (χ0n) is 18.7. The topological polar surface area (TPSA) is 0 Å². The standard InChI is InChI=1S/C25H20F9S/c1-14(2)16-10-12-17(13-11-16)35(19-8-4-6-15(3)21(19)24(29,30)31)20-9-5-7-18(23(26,27)28)22(20)25(32,33)34/h4-14H,1-3H3/q+1. The highest BCUT2D eigenvalue weighted by molar-refractivity contribution is 7.97. The molecule has 0 N–H and O–H groups in total. The lowest BCUT2D eigenvalue weighted by atomic mass is 10.0. The molecule has 0 aliphatic heterocycles. The van der Waals surface area contributed by atoms with E-state index < -0.39 is 55.9 Å². The minimum absolute atomic E-state index is 0.0230. The van der Waals surface area contributed by atoms with E-state index in [1.807, 2.05) is 13.8 Å². The van der Waals surface area contributed by atoms with Crippen LogP contribution in [0.3, 0.4) is 0 Å². The van der Waals surface area contributed by atoms with Crippen molar-refractivity contribution in [1.82, 2.24) is 0 Å². The summed E-state index contributed by atoms with van der Waals surface area (Å²) in [5.41, 5.74) is -4.57. The molecule has 0 spiro atoms. The van der Waals surface area contributed by atoms with E-state index in [1.54, 1.807) is 12.1 Å². The van der Waals surface area contributed by atoms with Crippen LogP contribution in [0, 0.1) is 6.92 Å². The molecule has 0 aromatic heterocycles. The van der Waals surface area contributed by atoms with Gasteiger partial charge < -0.3 is 0 Å². The molecule has 10 heteroatoms. The Morgan fingerprint density at radius 1 is 0.600 bits per heavy atom. The van der Waals surface area contributed by atoms with Crippen molar-refractivity contribution in [3.05, 3.63) is 88.5 Å². The van der Waals surface area contributed by atoms with Crippen molar-refractivity contribution < 1.29 is 39.5 Å². The highest BCUT2D eigenvalue weighted by Crippen LogP contribution is 2.48. The smallest absolute Gasteiger partial charge is 0.166 e. The second kappa shape index (κ2) is 9.44. The molecule has 3 aromatic carbocycles. The largest absolute Gasteiger partial charge is 0.421 e. The molecule has 0 aliphatic carbocycles. The third kappa shape index (κ3) is 5.63. The molecule has 0 radical (unpaired) electrons. The van der Waals surface area contributed by atoms with Crippen molar-refractivity contribution in [2.24, 2.45) is 0 Å². The molecule has 0 nitrogen and oxygen atoms in total. The van der Waals surface area contributed by atoms with Gasteiger partial charge in [0.25, 0.3) is 0 Å². The number of alkyl halides is 9. The van der Waals surface area contributed by atoms with Crippen molar-refractivity contribution in [1.29, 1.82) is 0 Å². The maximum atomic E-state index is 14.1. The highest BCUT2D eigenvalue weighted by atomic mass is 32.2. The monoisotopic (exact) mass is 523 g/mol. The van der Waals surface area contributed by atoms with Gasteiger partial charge in [-0.1, -0.05) is 44.2 Å². The fourth-order valence-electron chi connectivity index (χ4n) is 3.77. The van der Waals surface area contributed by atoms with Crippen molar-refractivity contribution in [3.63, 3.8) is 0 Å². The molecule has 0 aliphatic rings. The summed E-state index contributed by atoms with van der Waals surface area (Å²) < 4.78 is 125. The first kappa shape index (κ1) is 27.0. The summed E-state index contributed by atoms with van der Waals surface area (Å²) in [5, 5.41) is 0. The van der Waals surface area contributed by atoms with Gasteiger partial charge in [-0.05, 0) is 54.3 Å². The SMILES string of the molecule is Cc1cccc([S+](c2ccc(C(C)C)cc2)c2cccc(C(F)(F)F)c2C(F)(F)F)c1C(F)(F)F. The lowest BCUT2D eigenvalue weighted by Crippen LogP contribution is -2.23. The van der Waals surface area contributed by atoms with Crippen LogP contribution in [0.2, 0.25) is 0 Å². The predicted molar refractivity (Wildman–Crippen MR) is 115 cm³/mol. The van der Waals surface area contributed by atoms with E-state index in [4.69, 9.17) is 0 Å². The molecule has 0 heterocycles. The first-order chi connectivity index (χ1) is 16.0. The molecule has 0 saturated carbocycles. The Hall–Kier alpha value is -2.62. The summed E-state index contributed by atoms with van der Waals surface area (Å²) in [4.78, 5) is -1.37. The average Bonchev–Trinajstić information content (AvgIpc) is 2.72. The van der Waals surface area contributed by atoms with E-state index in [2.05, 4.69) is 0 Å². The molecule has 35 heavy (non-hydrogen) atoms. The summed E-state index contributed by atoms with van der Waals surface area (Å²) in [6.07, 6.45) is -15.8. The second-order valence-electron chi connectivity index (χ2n) is 8.15. The van der Waals surface area contributed by atoms with Crippen LogP contribution in [0.25, 0.3) is 0 Å². The van der Waals surface area contributed by atoms with Gasteiger partial charge in [0.2, 0.25) is 0 Å². The predicted octanol–water partition coefficient (Wildman–Crippen LogP) is 9.27. The van der Waals surface area contributed by atoms with Crippen molar-refractivity contribution in [2.75, 3.05) is 0 Å². The van der Waals surface area contributed by atoms with Crippen LogP contribution in [0.15, 0.2) is 75.4 Å². The first-order valence-corrected chi connectivity index (χ1v) is 11.5. The third-order valence-corrected chi connectivity index (χ3v) is 7.66. The van der Waals surface area contributed by atoms with Crippen LogP contribution in [0.4, 0.5) is 39.5 Å². The molecule has 0 saturated heterocycles. The first-order valence-electron chi connectivity index (χ1n) is 10.3. The van der Waals surface area contributed by atoms with E-state index in [0.29, 0.717) is 0 Å². The van der Waals surface area contributed by atoms with Gasteiger partial charge in [0.15, 0.2) is 14.7 Å². The molecular weight excluding hydrogens is 503 g/mol. The molecule has 0 fully saturated rings. The van der Waals surface area contributed by atoms with Gasteiger partial charge in [-0.25, -0.2) is 0 Å². The number of aryl methyl sites for hydroxylation is 1. The quantitative estimate of drug-likeness (QED) is 0.236.